The molecule has 0 aromatic heterocycles. The molecule has 2 N–H and O–H groups in total. The SMILES string of the molecule is COc1cc(CC(=O)N(C2CC2)C(C)C(=O)O)cc(OC)c1O. The molecule has 1 atom stereocenters. The fourth-order valence-electron chi connectivity index (χ4n) is 2.52. The van der Waals surface area contributed by atoms with E-state index in [9.17, 15) is 19.8 Å². The Bertz CT molecular complexity index is 586. The van der Waals surface area contributed by atoms with Crippen molar-refractivity contribution in [1.82, 2.24) is 4.90 Å². The number of rotatable bonds is 7. The van der Waals surface area contributed by atoms with Crippen molar-refractivity contribution in [1.29, 1.82) is 0 Å². The van der Waals surface area contributed by atoms with E-state index in [0.29, 0.717) is 5.56 Å². The predicted octanol–water partition coefficient (Wildman–Crippen LogP) is 1.42. The molecule has 1 aromatic rings. The summed E-state index contributed by atoms with van der Waals surface area (Å²) in [5.41, 5.74) is 0.588. The van der Waals surface area contributed by atoms with Crippen molar-refractivity contribution in [3.63, 3.8) is 0 Å². The molecule has 0 bridgehead atoms. The quantitative estimate of drug-likeness (QED) is 0.788. The third-order valence-electron chi connectivity index (χ3n) is 3.90. The zero-order valence-corrected chi connectivity index (χ0v) is 13.4. The van der Waals surface area contributed by atoms with Crippen LogP contribution < -0.4 is 9.47 Å². The highest BCUT2D eigenvalue weighted by Crippen LogP contribution is 2.37. The number of hydrogen-bond acceptors (Lipinski definition) is 5. The normalized spacial score (nSPS) is 14.9. The fourth-order valence-corrected chi connectivity index (χ4v) is 2.52. The number of carbonyl (C=O) groups is 2. The number of benzene rings is 1. The molecule has 1 fully saturated rings. The minimum atomic E-state index is -1.02. The molecule has 0 aliphatic heterocycles. The summed E-state index contributed by atoms with van der Waals surface area (Å²) in [5, 5.41) is 19.1. The Balaban J connectivity index is 2.23. The second-order valence-electron chi connectivity index (χ2n) is 5.57. The maximum atomic E-state index is 12.5. The highest BCUT2D eigenvalue weighted by atomic mass is 16.5. The van der Waals surface area contributed by atoms with Gasteiger partial charge in [0.05, 0.1) is 20.6 Å². The number of methoxy groups -OCH3 is 2. The number of carboxylic acid groups (broad SMARTS) is 1. The first-order valence-electron chi connectivity index (χ1n) is 7.36. The zero-order valence-electron chi connectivity index (χ0n) is 13.4. The first-order chi connectivity index (χ1) is 10.9. The average Bonchev–Trinajstić information content (AvgIpc) is 3.33. The summed E-state index contributed by atoms with van der Waals surface area (Å²) in [6.45, 7) is 1.51. The van der Waals surface area contributed by atoms with Crippen molar-refractivity contribution >= 4 is 11.9 Å². The minimum absolute atomic E-state index is 0.00509. The average molecular weight is 323 g/mol. The summed E-state index contributed by atoms with van der Waals surface area (Å²) in [6, 6.07) is 2.23. The molecule has 7 heteroatoms. The molecule has 0 radical (unpaired) electrons. The Hall–Kier alpha value is -2.44. The zero-order chi connectivity index (χ0) is 17.1. The number of aromatic hydroxyl groups is 1. The van der Waals surface area contributed by atoms with Crippen molar-refractivity contribution < 1.29 is 29.3 Å². The number of aliphatic carboxylic acids is 1. The summed E-state index contributed by atoms with van der Waals surface area (Å²) < 4.78 is 10.1. The molecular weight excluding hydrogens is 302 g/mol. The molecule has 1 saturated carbocycles. The lowest BCUT2D eigenvalue weighted by molar-refractivity contribution is -0.149. The first-order valence-corrected chi connectivity index (χ1v) is 7.36. The monoisotopic (exact) mass is 323 g/mol. The molecule has 23 heavy (non-hydrogen) atoms. The van der Waals surface area contributed by atoms with Gasteiger partial charge in [0, 0.05) is 6.04 Å². The Kier molecular flexibility index (Phi) is 4.98. The maximum Gasteiger partial charge on any atom is 0.326 e. The second-order valence-corrected chi connectivity index (χ2v) is 5.57. The van der Waals surface area contributed by atoms with Crippen LogP contribution in [0.1, 0.15) is 25.3 Å². The van der Waals surface area contributed by atoms with Crippen LogP contribution in [0.3, 0.4) is 0 Å². The maximum absolute atomic E-state index is 12.5. The van der Waals surface area contributed by atoms with Crippen LogP contribution in [-0.4, -0.2) is 53.3 Å². The van der Waals surface area contributed by atoms with Crippen molar-refractivity contribution in [2.24, 2.45) is 0 Å². The first kappa shape index (κ1) is 16.9. The van der Waals surface area contributed by atoms with Crippen molar-refractivity contribution in [3.8, 4) is 17.2 Å². The number of carboxylic acids is 1. The predicted molar refractivity (Wildman–Crippen MR) is 81.9 cm³/mol. The molecule has 1 amide bonds. The highest BCUT2D eigenvalue weighted by molar-refractivity contribution is 5.85. The molecular formula is C16H21NO6. The lowest BCUT2D eigenvalue weighted by Gasteiger charge is -2.26. The van der Waals surface area contributed by atoms with E-state index in [2.05, 4.69) is 0 Å². The number of hydrogen-bond donors (Lipinski definition) is 2. The molecule has 0 spiro atoms. The molecule has 1 unspecified atom stereocenters. The molecule has 7 nitrogen and oxygen atoms in total. The van der Waals surface area contributed by atoms with Crippen LogP contribution in [0.15, 0.2) is 12.1 Å². The van der Waals surface area contributed by atoms with Gasteiger partial charge in [0.1, 0.15) is 6.04 Å². The van der Waals surface area contributed by atoms with Gasteiger partial charge in [-0.05, 0) is 37.5 Å². The van der Waals surface area contributed by atoms with E-state index in [-0.39, 0.29) is 35.6 Å². The number of ether oxygens (including phenoxy) is 2. The van der Waals surface area contributed by atoms with E-state index in [1.807, 2.05) is 0 Å². The smallest absolute Gasteiger partial charge is 0.326 e. The van der Waals surface area contributed by atoms with E-state index < -0.39 is 12.0 Å². The number of amides is 1. The van der Waals surface area contributed by atoms with Crippen molar-refractivity contribution in [2.75, 3.05) is 14.2 Å². The largest absolute Gasteiger partial charge is 0.502 e. The van der Waals surface area contributed by atoms with Gasteiger partial charge in [0.2, 0.25) is 11.7 Å². The molecule has 1 aromatic carbocycles. The Morgan fingerprint density at radius 1 is 1.26 bits per heavy atom. The second kappa shape index (κ2) is 6.76. The van der Waals surface area contributed by atoms with Gasteiger partial charge in [-0.25, -0.2) is 4.79 Å². The molecule has 2 rings (SSSR count). The van der Waals surface area contributed by atoms with Gasteiger partial charge in [0.25, 0.3) is 0 Å². The standard InChI is InChI=1S/C16H21NO6/c1-9(16(20)21)17(11-4-5-11)14(18)8-10-6-12(22-2)15(19)13(7-10)23-3/h6-7,9,11,19H,4-5,8H2,1-3H3,(H,20,21). The number of phenolic OH excluding ortho intramolecular Hbond substituents is 1. The van der Waals surface area contributed by atoms with Gasteiger partial charge in [-0.1, -0.05) is 0 Å². The van der Waals surface area contributed by atoms with E-state index in [1.54, 1.807) is 12.1 Å². The van der Waals surface area contributed by atoms with E-state index in [4.69, 9.17) is 9.47 Å². The third-order valence-corrected chi connectivity index (χ3v) is 3.90. The van der Waals surface area contributed by atoms with Crippen molar-refractivity contribution in [2.45, 2.75) is 38.3 Å². The number of nitrogens with zero attached hydrogens (tertiary/aromatic N) is 1. The van der Waals surface area contributed by atoms with Gasteiger partial charge >= 0.3 is 5.97 Å². The highest BCUT2D eigenvalue weighted by Gasteiger charge is 2.38. The summed E-state index contributed by atoms with van der Waals surface area (Å²) in [4.78, 5) is 25.2. The van der Waals surface area contributed by atoms with Crippen molar-refractivity contribution in [3.05, 3.63) is 17.7 Å². The third kappa shape index (κ3) is 3.67. The molecule has 126 valence electrons. The van der Waals surface area contributed by atoms with Gasteiger partial charge in [0.15, 0.2) is 11.5 Å². The molecule has 0 saturated heterocycles. The Morgan fingerprint density at radius 3 is 2.17 bits per heavy atom. The van der Waals surface area contributed by atoms with E-state index in [1.165, 1.54) is 26.0 Å². The van der Waals surface area contributed by atoms with E-state index >= 15 is 0 Å². The van der Waals surface area contributed by atoms with Gasteiger partial charge < -0.3 is 24.6 Å². The lowest BCUT2D eigenvalue weighted by atomic mass is 10.1. The number of carbonyl (C=O) groups excluding carboxylic acids is 1. The molecule has 1 aliphatic carbocycles. The van der Waals surface area contributed by atoms with Crippen LogP contribution in [0.4, 0.5) is 0 Å². The van der Waals surface area contributed by atoms with Gasteiger partial charge in [-0.15, -0.1) is 0 Å². The Morgan fingerprint density at radius 2 is 1.78 bits per heavy atom. The van der Waals surface area contributed by atoms with Crippen LogP contribution in [0.2, 0.25) is 0 Å². The summed E-state index contributed by atoms with van der Waals surface area (Å²) in [5.74, 6) is -1.01. The van der Waals surface area contributed by atoms with Crippen LogP contribution in [0, 0.1) is 0 Å². The molecule has 0 heterocycles. The van der Waals surface area contributed by atoms with Crippen LogP contribution >= 0.6 is 0 Å². The van der Waals surface area contributed by atoms with Gasteiger partial charge in [-0.2, -0.15) is 0 Å². The molecule has 1 aliphatic rings. The lowest BCUT2D eigenvalue weighted by Crippen LogP contribution is -2.45. The van der Waals surface area contributed by atoms with Crippen LogP contribution in [0.5, 0.6) is 17.2 Å². The van der Waals surface area contributed by atoms with Gasteiger partial charge in [-0.3, -0.25) is 4.79 Å². The van der Waals surface area contributed by atoms with E-state index in [0.717, 1.165) is 12.8 Å². The van der Waals surface area contributed by atoms with Crippen LogP contribution in [-0.2, 0) is 16.0 Å². The minimum Gasteiger partial charge on any atom is -0.502 e. The Labute approximate surface area is 134 Å². The number of phenols is 1. The topological polar surface area (TPSA) is 96.3 Å². The fraction of sp³-hybridized carbons (Fsp3) is 0.500. The van der Waals surface area contributed by atoms with Crippen LogP contribution in [0.25, 0.3) is 0 Å². The summed E-state index contributed by atoms with van der Waals surface area (Å²) in [6.07, 6.45) is 1.66. The summed E-state index contributed by atoms with van der Waals surface area (Å²) in [7, 11) is 2.81. The summed E-state index contributed by atoms with van der Waals surface area (Å²) >= 11 is 0.